The molecule has 0 bridgehead atoms. The largest absolute Gasteiger partial charge is 0.399 e. The average Bonchev–Trinajstić information content (AvgIpc) is 2.73. The molecule has 3 rings (SSSR count). The van der Waals surface area contributed by atoms with Crippen LogP contribution >= 0.6 is 11.3 Å². The molecule has 0 atom stereocenters. The van der Waals surface area contributed by atoms with Gasteiger partial charge < -0.3 is 11.1 Å². The zero-order chi connectivity index (χ0) is 14.8. The SMILES string of the molecule is Cc1cc(N)ccc1NC(=O)c1cc2c(s1)CCCCC2. The molecule has 1 heterocycles. The van der Waals surface area contributed by atoms with Gasteiger partial charge in [-0.05, 0) is 68.0 Å². The number of thiophene rings is 1. The van der Waals surface area contributed by atoms with Crippen LogP contribution in [-0.4, -0.2) is 5.91 Å². The van der Waals surface area contributed by atoms with Crippen molar-refractivity contribution in [1.29, 1.82) is 0 Å². The third-order valence-corrected chi connectivity index (χ3v) is 5.20. The minimum absolute atomic E-state index is 0.0130. The van der Waals surface area contributed by atoms with Crippen molar-refractivity contribution in [2.45, 2.75) is 39.0 Å². The number of nitrogens with one attached hydrogen (secondary N) is 1. The van der Waals surface area contributed by atoms with E-state index in [-0.39, 0.29) is 5.91 Å². The first-order valence-electron chi connectivity index (χ1n) is 7.42. The number of hydrogen-bond acceptors (Lipinski definition) is 3. The molecular formula is C17H20N2OS. The molecule has 21 heavy (non-hydrogen) atoms. The van der Waals surface area contributed by atoms with Crippen molar-refractivity contribution in [2.75, 3.05) is 11.1 Å². The highest BCUT2D eigenvalue weighted by atomic mass is 32.1. The van der Waals surface area contributed by atoms with Crippen molar-refractivity contribution in [1.82, 2.24) is 0 Å². The van der Waals surface area contributed by atoms with E-state index in [2.05, 4.69) is 11.4 Å². The van der Waals surface area contributed by atoms with Crippen LogP contribution in [0.3, 0.4) is 0 Å². The zero-order valence-corrected chi connectivity index (χ0v) is 13.1. The Labute approximate surface area is 129 Å². The molecule has 1 aromatic heterocycles. The van der Waals surface area contributed by atoms with E-state index in [9.17, 15) is 4.79 Å². The van der Waals surface area contributed by atoms with Gasteiger partial charge in [0.15, 0.2) is 0 Å². The van der Waals surface area contributed by atoms with Crippen LogP contribution in [0.4, 0.5) is 11.4 Å². The van der Waals surface area contributed by atoms with Gasteiger partial charge in [0.25, 0.3) is 5.91 Å². The lowest BCUT2D eigenvalue weighted by Crippen LogP contribution is -2.11. The number of rotatable bonds is 2. The summed E-state index contributed by atoms with van der Waals surface area (Å²) in [6.07, 6.45) is 6.01. The van der Waals surface area contributed by atoms with Crippen molar-refractivity contribution in [3.63, 3.8) is 0 Å². The molecule has 0 saturated heterocycles. The monoisotopic (exact) mass is 300 g/mol. The number of nitrogens with two attached hydrogens (primary N) is 1. The lowest BCUT2D eigenvalue weighted by molar-refractivity contribution is 0.103. The molecule has 4 heteroatoms. The van der Waals surface area contributed by atoms with E-state index in [1.165, 1.54) is 29.7 Å². The van der Waals surface area contributed by atoms with Gasteiger partial charge >= 0.3 is 0 Å². The Morgan fingerprint density at radius 1 is 1.19 bits per heavy atom. The smallest absolute Gasteiger partial charge is 0.265 e. The number of amides is 1. The van der Waals surface area contributed by atoms with E-state index >= 15 is 0 Å². The van der Waals surface area contributed by atoms with Gasteiger partial charge in [-0.3, -0.25) is 4.79 Å². The van der Waals surface area contributed by atoms with Crippen molar-refractivity contribution < 1.29 is 4.79 Å². The summed E-state index contributed by atoms with van der Waals surface area (Å²) in [6, 6.07) is 7.62. The molecule has 0 radical (unpaired) electrons. The Balaban J connectivity index is 1.79. The highest BCUT2D eigenvalue weighted by Gasteiger charge is 2.17. The second-order valence-corrected chi connectivity index (χ2v) is 6.78. The van der Waals surface area contributed by atoms with E-state index in [1.807, 2.05) is 25.1 Å². The number of hydrogen-bond donors (Lipinski definition) is 2. The number of benzene rings is 1. The number of carbonyl (C=O) groups is 1. The van der Waals surface area contributed by atoms with E-state index in [0.717, 1.165) is 29.0 Å². The number of aryl methyl sites for hydroxylation is 3. The summed E-state index contributed by atoms with van der Waals surface area (Å²) < 4.78 is 0. The van der Waals surface area contributed by atoms with Gasteiger partial charge in [0.1, 0.15) is 0 Å². The van der Waals surface area contributed by atoms with Crippen LogP contribution in [0.2, 0.25) is 0 Å². The van der Waals surface area contributed by atoms with Crippen molar-refractivity contribution >= 4 is 28.6 Å². The average molecular weight is 300 g/mol. The van der Waals surface area contributed by atoms with Gasteiger partial charge in [-0.25, -0.2) is 0 Å². The van der Waals surface area contributed by atoms with E-state index in [1.54, 1.807) is 11.3 Å². The maximum absolute atomic E-state index is 12.4. The van der Waals surface area contributed by atoms with Gasteiger partial charge in [0.2, 0.25) is 0 Å². The quantitative estimate of drug-likeness (QED) is 0.646. The predicted octanol–water partition coefficient (Wildman–Crippen LogP) is 4.16. The molecule has 3 N–H and O–H groups in total. The molecule has 0 spiro atoms. The molecule has 1 aliphatic rings. The molecule has 1 amide bonds. The third-order valence-electron chi connectivity index (χ3n) is 3.97. The van der Waals surface area contributed by atoms with Crippen LogP contribution in [-0.2, 0) is 12.8 Å². The molecule has 0 fully saturated rings. The summed E-state index contributed by atoms with van der Waals surface area (Å²) in [5, 5.41) is 2.99. The summed E-state index contributed by atoms with van der Waals surface area (Å²) in [5.41, 5.74) is 9.65. The Hall–Kier alpha value is -1.81. The summed E-state index contributed by atoms with van der Waals surface area (Å²) in [7, 11) is 0. The lowest BCUT2D eigenvalue weighted by atomic mass is 10.1. The summed E-state index contributed by atoms with van der Waals surface area (Å²) >= 11 is 1.65. The van der Waals surface area contributed by atoms with Crippen LogP contribution in [0.25, 0.3) is 0 Å². The fraction of sp³-hybridized carbons (Fsp3) is 0.353. The summed E-state index contributed by atoms with van der Waals surface area (Å²) in [4.78, 5) is 14.6. The molecule has 1 aromatic carbocycles. The van der Waals surface area contributed by atoms with Gasteiger partial charge in [0.05, 0.1) is 4.88 Å². The Morgan fingerprint density at radius 3 is 2.81 bits per heavy atom. The fourth-order valence-corrected chi connectivity index (χ4v) is 3.94. The first kappa shape index (κ1) is 14.1. The molecule has 3 nitrogen and oxygen atoms in total. The molecular weight excluding hydrogens is 280 g/mol. The second kappa shape index (κ2) is 5.90. The molecule has 2 aromatic rings. The summed E-state index contributed by atoms with van der Waals surface area (Å²) in [5.74, 6) is -0.0130. The van der Waals surface area contributed by atoms with Crippen LogP contribution < -0.4 is 11.1 Å². The third kappa shape index (κ3) is 3.10. The number of fused-ring (bicyclic) bond motifs is 1. The minimum atomic E-state index is -0.0130. The zero-order valence-electron chi connectivity index (χ0n) is 12.2. The molecule has 110 valence electrons. The lowest BCUT2D eigenvalue weighted by Gasteiger charge is -2.08. The summed E-state index contributed by atoms with van der Waals surface area (Å²) in [6.45, 7) is 1.95. The highest BCUT2D eigenvalue weighted by Crippen LogP contribution is 2.29. The van der Waals surface area contributed by atoms with E-state index in [0.29, 0.717) is 5.69 Å². The maximum atomic E-state index is 12.4. The molecule has 0 saturated carbocycles. The van der Waals surface area contributed by atoms with Crippen LogP contribution in [0.5, 0.6) is 0 Å². The topological polar surface area (TPSA) is 55.1 Å². The van der Waals surface area contributed by atoms with E-state index < -0.39 is 0 Å². The van der Waals surface area contributed by atoms with E-state index in [4.69, 9.17) is 5.73 Å². The fourth-order valence-electron chi connectivity index (χ4n) is 2.79. The van der Waals surface area contributed by atoms with Gasteiger partial charge in [-0.2, -0.15) is 0 Å². The van der Waals surface area contributed by atoms with Crippen molar-refractivity contribution in [3.05, 3.63) is 45.1 Å². The van der Waals surface area contributed by atoms with Gasteiger partial charge in [-0.15, -0.1) is 11.3 Å². The van der Waals surface area contributed by atoms with Crippen LogP contribution in [0.15, 0.2) is 24.3 Å². The number of carbonyl (C=O) groups excluding carboxylic acids is 1. The van der Waals surface area contributed by atoms with Crippen molar-refractivity contribution in [3.8, 4) is 0 Å². The Bertz CT molecular complexity index is 652. The minimum Gasteiger partial charge on any atom is -0.399 e. The molecule has 0 aliphatic heterocycles. The Morgan fingerprint density at radius 2 is 2.00 bits per heavy atom. The van der Waals surface area contributed by atoms with Crippen LogP contribution in [0, 0.1) is 6.92 Å². The van der Waals surface area contributed by atoms with Gasteiger partial charge in [0, 0.05) is 16.3 Å². The standard InChI is InChI=1S/C17H20N2OS/c1-11-9-13(18)7-8-14(11)19-17(20)16-10-12-5-3-2-4-6-15(12)21-16/h7-10H,2-6,18H2,1H3,(H,19,20). The first-order valence-corrected chi connectivity index (χ1v) is 8.24. The predicted molar refractivity (Wildman–Crippen MR) is 89.1 cm³/mol. The number of anilines is 2. The highest BCUT2D eigenvalue weighted by molar-refractivity contribution is 7.14. The molecule has 1 aliphatic carbocycles. The normalized spacial score (nSPS) is 14.3. The maximum Gasteiger partial charge on any atom is 0.265 e. The van der Waals surface area contributed by atoms with Gasteiger partial charge in [-0.1, -0.05) is 6.42 Å². The number of nitrogen functional groups attached to an aromatic ring is 1. The van der Waals surface area contributed by atoms with Crippen molar-refractivity contribution in [2.24, 2.45) is 0 Å². The second-order valence-electron chi connectivity index (χ2n) is 5.65. The molecule has 0 unspecified atom stereocenters. The van der Waals surface area contributed by atoms with Crippen LogP contribution in [0.1, 0.15) is 44.9 Å². The Kier molecular flexibility index (Phi) is 3.97. The first-order chi connectivity index (χ1) is 10.1.